The summed E-state index contributed by atoms with van der Waals surface area (Å²) < 4.78 is 44.3. The Morgan fingerprint density at radius 1 is 1.00 bits per heavy atom. The van der Waals surface area contributed by atoms with E-state index in [0.717, 1.165) is 12.1 Å². The summed E-state index contributed by atoms with van der Waals surface area (Å²) >= 11 is 0. The van der Waals surface area contributed by atoms with Crippen LogP contribution in [0.2, 0.25) is 0 Å². The first-order valence-corrected chi connectivity index (χ1v) is 5.43. The molecule has 106 valence electrons. The zero-order chi connectivity index (χ0) is 14.7. The molecule has 0 atom stereocenters. The molecule has 0 bridgehead atoms. The average Bonchev–Trinajstić information content (AvgIpc) is 2.47. The molecule has 0 aliphatic rings. The van der Waals surface area contributed by atoms with Gasteiger partial charge in [0.15, 0.2) is 17.5 Å². The van der Waals surface area contributed by atoms with Crippen LogP contribution in [0.15, 0.2) is 12.1 Å². The van der Waals surface area contributed by atoms with Crippen molar-refractivity contribution in [3.63, 3.8) is 0 Å². The van der Waals surface area contributed by atoms with Crippen molar-refractivity contribution >= 4 is 17.6 Å². The summed E-state index contributed by atoms with van der Waals surface area (Å²) in [4.78, 5) is 11.5. The highest BCUT2D eigenvalue weighted by molar-refractivity contribution is 5.55. The van der Waals surface area contributed by atoms with Gasteiger partial charge in [0, 0.05) is 7.05 Å². The Balaban J connectivity index is 2.37. The molecular formula is C11H10F3N5O. The molecule has 0 radical (unpaired) electrons. The van der Waals surface area contributed by atoms with Crippen molar-refractivity contribution in [2.45, 2.75) is 0 Å². The van der Waals surface area contributed by atoms with Gasteiger partial charge in [-0.15, -0.1) is 0 Å². The molecule has 2 aromatic rings. The number of rotatable bonds is 4. The Labute approximate surface area is 112 Å². The van der Waals surface area contributed by atoms with Crippen LogP contribution in [-0.4, -0.2) is 29.1 Å². The molecule has 1 aromatic carbocycles. The number of hydrogen-bond donors (Lipinski definition) is 2. The van der Waals surface area contributed by atoms with Crippen LogP contribution in [0.5, 0.6) is 6.01 Å². The summed E-state index contributed by atoms with van der Waals surface area (Å²) in [5.41, 5.74) is -0.306. The number of methoxy groups -OCH3 is 1. The van der Waals surface area contributed by atoms with Crippen molar-refractivity contribution in [2.75, 3.05) is 24.8 Å². The summed E-state index contributed by atoms with van der Waals surface area (Å²) in [5, 5.41) is 5.08. The van der Waals surface area contributed by atoms with Crippen molar-refractivity contribution in [2.24, 2.45) is 0 Å². The van der Waals surface area contributed by atoms with E-state index < -0.39 is 17.5 Å². The lowest BCUT2D eigenvalue weighted by molar-refractivity contribution is 0.379. The zero-order valence-electron chi connectivity index (χ0n) is 10.5. The van der Waals surface area contributed by atoms with Gasteiger partial charge in [-0.05, 0) is 12.1 Å². The second-order valence-corrected chi connectivity index (χ2v) is 3.57. The molecule has 1 aromatic heterocycles. The van der Waals surface area contributed by atoms with Gasteiger partial charge >= 0.3 is 6.01 Å². The van der Waals surface area contributed by atoms with Crippen LogP contribution in [0, 0.1) is 17.5 Å². The van der Waals surface area contributed by atoms with Crippen LogP contribution in [0.3, 0.4) is 0 Å². The van der Waals surface area contributed by atoms with Crippen molar-refractivity contribution < 1.29 is 17.9 Å². The number of ether oxygens (including phenoxy) is 1. The molecule has 2 N–H and O–H groups in total. The number of benzene rings is 1. The van der Waals surface area contributed by atoms with Crippen LogP contribution in [0.1, 0.15) is 0 Å². The third-order valence-corrected chi connectivity index (χ3v) is 2.30. The molecule has 0 unspecified atom stereocenters. The molecule has 0 amide bonds. The van der Waals surface area contributed by atoms with E-state index >= 15 is 0 Å². The Kier molecular flexibility index (Phi) is 3.87. The molecule has 0 aliphatic heterocycles. The second-order valence-electron chi connectivity index (χ2n) is 3.57. The fourth-order valence-electron chi connectivity index (χ4n) is 1.36. The Hall–Kier alpha value is -2.58. The van der Waals surface area contributed by atoms with E-state index in [2.05, 4.69) is 25.6 Å². The predicted molar refractivity (Wildman–Crippen MR) is 65.5 cm³/mol. The van der Waals surface area contributed by atoms with Gasteiger partial charge in [-0.2, -0.15) is 15.0 Å². The van der Waals surface area contributed by atoms with E-state index in [9.17, 15) is 13.2 Å². The van der Waals surface area contributed by atoms with E-state index in [0.29, 0.717) is 0 Å². The van der Waals surface area contributed by atoms with E-state index in [1.807, 2.05) is 0 Å². The highest BCUT2D eigenvalue weighted by atomic mass is 19.2. The van der Waals surface area contributed by atoms with Crippen LogP contribution in [0.4, 0.5) is 30.8 Å². The monoisotopic (exact) mass is 285 g/mol. The van der Waals surface area contributed by atoms with Gasteiger partial charge in [0.25, 0.3) is 0 Å². The maximum atomic E-state index is 13.5. The Bertz CT molecular complexity index is 615. The fraction of sp³-hybridized carbons (Fsp3) is 0.182. The van der Waals surface area contributed by atoms with E-state index in [1.165, 1.54) is 7.11 Å². The largest absolute Gasteiger partial charge is 0.467 e. The van der Waals surface area contributed by atoms with Crippen LogP contribution < -0.4 is 15.4 Å². The highest BCUT2D eigenvalue weighted by Gasteiger charge is 2.15. The van der Waals surface area contributed by atoms with Crippen molar-refractivity contribution in [1.82, 2.24) is 15.0 Å². The van der Waals surface area contributed by atoms with Gasteiger partial charge < -0.3 is 15.4 Å². The highest BCUT2D eigenvalue weighted by Crippen LogP contribution is 2.23. The smallest absolute Gasteiger partial charge is 0.322 e. The molecule has 0 saturated carbocycles. The van der Waals surface area contributed by atoms with Gasteiger partial charge in [0.2, 0.25) is 11.9 Å². The first-order chi connectivity index (χ1) is 9.55. The molecule has 0 spiro atoms. The molecule has 9 heteroatoms. The quantitative estimate of drug-likeness (QED) is 0.838. The summed E-state index contributed by atoms with van der Waals surface area (Å²) in [6.45, 7) is 0. The molecule has 20 heavy (non-hydrogen) atoms. The van der Waals surface area contributed by atoms with Crippen molar-refractivity contribution in [1.29, 1.82) is 0 Å². The van der Waals surface area contributed by atoms with E-state index in [4.69, 9.17) is 4.74 Å². The predicted octanol–water partition coefficient (Wildman–Crippen LogP) is 2.08. The van der Waals surface area contributed by atoms with Gasteiger partial charge in [-0.25, -0.2) is 13.2 Å². The second kappa shape index (κ2) is 5.59. The maximum Gasteiger partial charge on any atom is 0.322 e. The topological polar surface area (TPSA) is 72.0 Å². The number of halogens is 3. The van der Waals surface area contributed by atoms with Gasteiger partial charge in [-0.3, -0.25) is 0 Å². The number of aromatic nitrogens is 3. The fourth-order valence-corrected chi connectivity index (χ4v) is 1.36. The minimum absolute atomic E-state index is 0.0187. The number of hydrogen-bond acceptors (Lipinski definition) is 6. The van der Waals surface area contributed by atoms with E-state index in [-0.39, 0.29) is 23.6 Å². The van der Waals surface area contributed by atoms with Gasteiger partial charge in [0.1, 0.15) is 0 Å². The van der Waals surface area contributed by atoms with Gasteiger partial charge in [-0.1, -0.05) is 0 Å². The van der Waals surface area contributed by atoms with Crippen LogP contribution in [0.25, 0.3) is 0 Å². The van der Waals surface area contributed by atoms with Crippen LogP contribution >= 0.6 is 0 Å². The normalized spacial score (nSPS) is 10.2. The average molecular weight is 285 g/mol. The number of nitrogens with zero attached hydrogens (tertiary/aromatic N) is 3. The SMILES string of the molecule is CNc1nc(Nc2ccc(F)c(F)c2F)nc(OC)n1. The van der Waals surface area contributed by atoms with Crippen molar-refractivity contribution in [3.05, 3.63) is 29.6 Å². The number of anilines is 3. The lowest BCUT2D eigenvalue weighted by Gasteiger charge is -2.09. The molecular weight excluding hydrogens is 275 g/mol. The van der Waals surface area contributed by atoms with E-state index in [1.54, 1.807) is 7.05 Å². The van der Waals surface area contributed by atoms with Gasteiger partial charge in [0.05, 0.1) is 12.8 Å². The third kappa shape index (κ3) is 2.71. The number of nitrogens with one attached hydrogen (secondary N) is 2. The third-order valence-electron chi connectivity index (χ3n) is 2.30. The summed E-state index contributed by atoms with van der Waals surface area (Å²) in [6.07, 6.45) is 0. The molecule has 1 heterocycles. The molecule has 0 saturated heterocycles. The molecule has 6 nitrogen and oxygen atoms in total. The minimum Gasteiger partial charge on any atom is -0.467 e. The van der Waals surface area contributed by atoms with Crippen LogP contribution in [-0.2, 0) is 0 Å². The summed E-state index contributed by atoms with van der Waals surface area (Å²) in [6, 6.07) is 1.80. The first-order valence-electron chi connectivity index (χ1n) is 5.43. The Morgan fingerprint density at radius 3 is 2.35 bits per heavy atom. The zero-order valence-corrected chi connectivity index (χ0v) is 10.5. The standard InChI is InChI=1S/C11H10F3N5O/c1-15-9-17-10(19-11(18-9)20-2)16-6-4-3-5(12)7(13)8(6)14/h3-4H,1-2H3,(H2,15,16,17,18,19). The minimum atomic E-state index is -1.58. The Morgan fingerprint density at radius 2 is 1.70 bits per heavy atom. The molecule has 0 fully saturated rings. The molecule has 2 rings (SSSR count). The summed E-state index contributed by atoms with van der Waals surface area (Å²) in [5.74, 6) is -4.13. The molecule has 0 aliphatic carbocycles. The lowest BCUT2D eigenvalue weighted by Crippen LogP contribution is -2.07. The van der Waals surface area contributed by atoms with Crippen molar-refractivity contribution in [3.8, 4) is 6.01 Å². The summed E-state index contributed by atoms with van der Waals surface area (Å²) in [7, 11) is 2.91. The maximum absolute atomic E-state index is 13.5. The first kappa shape index (κ1) is 13.8. The lowest BCUT2D eigenvalue weighted by atomic mass is 10.3.